The number of nitrogens with one attached hydrogen (secondary N) is 1. The number of amides is 1. The molecule has 29 heavy (non-hydrogen) atoms. The van der Waals surface area contributed by atoms with E-state index in [4.69, 9.17) is 5.11 Å². The zero-order chi connectivity index (χ0) is 20.4. The number of aliphatic carboxylic acids is 1. The molecule has 0 unspecified atom stereocenters. The summed E-state index contributed by atoms with van der Waals surface area (Å²) in [4.78, 5) is 23.8. The molecule has 0 radical (unpaired) electrons. The maximum atomic E-state index is 13.0. The van der Waals surface area contributed by atoms with Crippen LogP contribution in [0.2, 0.25) is 0 Å². The minimum atomic E-state index is -0.836. The van der Waals surface area contributed by atoms with Crippen LogP contribution in [0.4, 0.5) is 5.69 Å². The third-order valence-corrected chi connectivity index (χ3v) is 5.30. The van der Waals surface area contributed by atoms with Gasteiger partial charge in [0.25, 0.3) is 5.91 Å². The fourth-order valence-corrected chi connectivity index (χ4v) is 3.87. The first-order valence-electron chi connectivity index (χ1n) is 9.82. The second kappa shape index (κ2) is 7.91. The molecule has 0 fully saturated rings. The SMILES string of the molecule is Cc1ccccc1-n1nc(C(=O)Nc2cccc(CCC(=O)O)c2)c2c1CCC2. The van der Waals surface area contributed by atoms with Crippen molar-refractivity contribution in [3.05, 3.63) is 76.6 Å². The normalized spacial score (nSPS) is 12.6. The quantitative estimate of drug-likeness (QED) is 0.669. The number of hydrogen-bond donors (Lipinski definition) is 2. The molecule has 148 valence electrons. The molecule has 6 nitrogen and oxygen atoms in total. The van der Waals surface area contributed by atoms with E-state index in [1.54, 1.807) is 6.07 Å². The zero-order valence-electron chi connectivity index (χ0n) is 16.3. The van der Waals surface area contributed by atoms with E-state index in [9.17, 15) is 9.59 Å². The highest BCUT2D eigenvalue weighted by Crippen LogP contribution is 2.29. The lowest BCUT2D eigenvalue weighted by atomic mass is 10.1. The number of carboxylic acids is 1. The van der Waals surface area contributed by atoms with Gasteiger partial charge in [-0.05, 0) is 61.9 Å². The number of carboxylic acid groups (broad SMARTS) is 1. The molecule has 1 aliphatic carbocycles. The average Bonchev–Trinajstić information content (AvgIpc) is 3.30. The molecule has 0 saturated heterocycles. The van der Waals surface area contributed by atoms with Crippen molar-refractivity contribution in [2.24, 2.45) is 0 Å². The van der Waals surface area contributed by atoms with Crippen LogP contribution >= 0.6 is 0 Å². The minimum Gasteiger partial charge on any atom is -0.481 e. The highest BCUT2D eigenvalue weighted by molar-refractivity contribution is 6.04. The molecule has 1 aromatic heterocycles. The van der Waals surface area contributed by atoms with Gasteiger partial charge in [0.2, 0.25) is 0 Å². The van der Waals surface area contributed by atoms with Crippen LogP contribution < -0.4 is 5.32 Å². The standard InChI is InChI=1S/C23H23N3O3/c1-15-6-2-3-10-19(15)26-20-11-5-9-18(20)22(25-26)23(29)24-17-8-4-7-16(14-17)12-13-21(27)28/h2-4,6-8,10,14H,5,9,11-13H2,1H3,(H,24,29)(H,27,28). The van der Waals surface area contributed by atoms with Crippen LogP contribution in [0.15, 0.2) is 48.5 Å². The van der Waals surface area contributed by atoms with Crippen molar-refractivity contribution in [1.29, 1.82) is 0 Å². The molecule has 0 spiro atoms. The lowest BCUT2D eigenvalue weighted by molar-refractivity contribution is -0.136. The first kappa shape index (κ1) is 18.9. The van der Waals surface area contributed by atoms with Gasteiger partial charge in [-0.25, -0.2) is 4.68 Å². The van der Waals surface area contributed by atoms with Gasteiger partial charge in [0, 0.05) is 23.4 Å². The molecule has 0 atom stereocenters. The Hall–Kier alpha value is -3.41. The van der Waals surface area contributed by atoms with E-state index in [1.165, 1.54) is 0 Å². The molecule has 2 aromatic carbocycles. The van der Waals surface area contributed by atoms with Crippen LogP contribution in [0.25, 0.3) is 5.69 Å². The van der Waals surface area contributed by atoms with Gasteiger partial charge in [-0.2, -0.15) is 5.10 Å². The van der Waals surface area contributed by atoms with E-state index < -0.39 is 5.97 Å². The highest BCUT2D eigenvalue weighted by Gasteiger charge is 2.27. The molecule has 0 saturated carbocycles. The van der Waals surface area contributed by atoms with Gasteiger partial charge in [0.1, 0.15) is 0 Å². The van der Waals surface area contributed by atoms with Gasteiger partial charge in [0.05, 0.1) is 5.69 Å². The number of fused-ring (bicyclic) bond motifs is 1. The number of carbonyl (C=O) groups excluding carboxylic acids is 1. The number of benzene rings is 2. The van der Waals surface area contributed by atoms with Crippen LogP contribution in [-0.4, -0.2) is 26.8 Å². The fraction of sp³-hybridized carbons (Fsp3) is 0.261. The summed E-state index contributed by atoms with van der Waals surface area (Å²) in [6, 6.07) is 15.4. The predicted octanol–water partition coefficient (Wildman–Crippen LogP) is 3.94. The first-order chi connectivity index (χ1) is 14.0. The van der Waals surface area contributed by atoms with E-state index in [2.05, 4.69) is 10.4 Å². The molecule has 1 heterocycles. The maximum Gasteiger partial charge on any atom is 0.303 e. The molecule has 1 aliphatic rings. The highest BCUT2D eigenvalue weighted by atomic mass is 16.4. The monoisotopic (exact) mass is 389 g/mol. The predicted molar refractivity (Wildman–Crippen MR) is 111 cm³/mol. The maximum absolute atomic E-state index is 13.0. The summed E-state index contributed by atoms with van der Waals surface area (Å²) < 4.78 is 1.91. The summed E-state index contributed by atoms with van der Waals surface area (Å²) in [7, 11) is 0. The summed E-state index contributed by atoms with van der Waals surface area (Å²) in [5.41, 5.74) is 6.24. The van der Waals surface area contributed by atoms with Crippen LogP contribution in [0, 0.1) is 6.92 Å². The molecule has 1 amide bonds. The molecule has 4 rings (SSSR count). The van der Waals surface area contributed by atoms with Gasteiger partial charge in [-0.1, -0.05) is 30.3 Å². The topological polar surface area (TPSA) is 84.2 Å². The van der Waals surface area contributed by atoms with Crippen molar-refractivity contribution in [3.63, 3.8) is 0 Å². The number of para-hydroxylation sites is 1. The third-order valence-electron chi connectivity index (χ3n) is 5.30. The summed E-state index contributed by atoms with van der Waals surface area (Å²) >= 11 is 0. The smallest absolute Gasteiger partial charge is 0.303 e. The van der Waals surface area contributed by atoms with E-state index in [1.807, 2.05) is 54.1 Å². The Bertz CT molecular complexity index is 1080. The van der Waals surface area contributed by atoms with E-state index in [0.29, 0.717) is 17.8 Å². The molecule has 3 aromatic rings. The van der Waals surface area contributed by atoms with Crippen molar-refractivity contribution in [1.82, 2.24) is 9.78 Å². The fourth-order valence-electron chi connectivity index (χ4n) is 3.87. The Morgan fingerprint density at radius 2 is 1.97 bits per heavy atom. The van der Waals surface area contributed by atoms with Gasteiger partial charge in [0.15, 0.2) is 5.69 Å². The summed E-state index contributed by atoms with van der Waals surface area (Å²) in [5.74, 6) is -1.07. The summed E-state index contributed by atoms with van der Waals surface area (Å²) in [5, 5.41) is 16.5. The number of anilines is 1. The molecule has 0 aliphatic heterocycles. The molecule has 6 heteroatoms. The Labute approximate surface area is 169 Å². The number of rotatable bonds is 6. The van der Waals surface area contributed by atoms with Gasteiger partial charge < -0.3 is 10.4 Å². The molecule has 0 bridgehead atoms. The van der Waals surface area contributed by atoms with Crippen LogP contribution in [-0.2, 0) is 24.1 Å². The number of aromatic nitrogens is 2. The van der Waals surface area contributed by atoms with Crippen LogP contribution in [0.5, 0.6) is 0 Å². The van der Waals surface area contributed by atoms with Gasteiger partial charge in [-0.15, -0.1) is 0 Å². The Balaban J connectivity index is 1.60. The van der Waals surface area contributed by atoms with Crippen LogP contribution in [0.3, 0.4) is 0 Å². The summed E-state index contributed by atoms with van der Waals surface area (Å²) in [6.07, 6.45) is 3.27. The van der Waals surface area contributed by atoms with Crippen LogP contribution in [0.1, 0.15) is 45.7 Å². The number of hydrogen-bond acceptors (Lipinski definition) is 3. The van der Waals surface area contributed by atoms with Crippen molar-refractivity contribution in [2.45, 2.75) is 39.0 Å². The van der Waals surface area contributed by atoms with Crippen molar-refractivity contribution < 1.29 is 14.7 Å². The molecular formula is C23H23N3O3. The average molecular weight is 389 g/mol. The first-order valence-corrected chi connectivity index (χ1v) is 9.82. The van der Waals surface area contributed by atoms with E-state index in [0.717, 1.165) is 47.3 Å². The van der Waals surface area contributed by atoms with Gasteiger partial charge in [-0.3, -0.25) is 9.59 Å². The molecular weight excluding hydrogens is 366 g/mol. The van der Waals surface area contributed by atoms with Gasteiger partial charge >= 0.3 is 5.97 Å². The van der Waals surface area contributed by atoms with Crippen molar-refractivity contribution >= 4 is 17.6 Å². The van der Waals surface area contributed by atoms with E-state index in [-0.39, 0.29) is 12.3 Å². The lowest BCUT2D eigenvalue weighted by Gasteiger charge is -2.08. The Morgan fingerprint density at radius 3 is 2.76 bits per heavy atom. The number of aryl methyl sites for hydroxylation is 2. The Kier molecular flexibility index (Phi) is 5.16. The minimum absolute atomic E-state index is 0.0613. The largest absolute Gasteiger partial charge is 0.481 e. The third kappa shape index (κ3) is 3.92. The van der Waals surface area contributed by atoms with E-state index >= 15 is 0 Å². The van der Waals surface area contributed by atoms with Crippen molar-refractivity contribution in [2.75, 3.05) is 5.32 Å². The Morgan fingerprint density at radius 1 is 1.14 bits per heavy atom. The molecule has 2 N–H and O–H groups in total. The second-order valence-electron chi connectivity index (χ2n) is 7.37. The van der Waals surface area contributed by atoms with Crippen molar-refractivity contribution in [3.8, 4) is 5.69 Å². The summed E-state index contributed by atoms with van der Waals surface area (Å²) in [6.45, 7) is 2.04. The second-order valence-corrected chi connectivity index (χ2v) is 7.37. The number of nitrogens with zero attached hydrogens (tertiary/aromatic N) is 2. The lowest BCUT2D eigenvalue weighted by Crippen LogP contribution is -2.15. The zero-order valence-corrected chi connectivity index (χ0v) is 16.3. The number of carbonyl (C=O) groups is 2.